The molecular formula is C19H11ClFN3O2S. The van der Waals surface area contributed by atoms with Gasteiger partial charge >= 0.3 is 4.87 Å². The van der Waals surface area contributed by atoms with Crippen molar-refractivity contribution in [2.24, 2.45) is 4.99 Å². The monoisotopic (exact) mass is 399 g/mol. The minimum absolute atomic E-state index is 0.0383. The second-order valence-electron chi connectivity index (χ2n) is 5.73. The van der Waals surface area contributed by atoms with Crippen LogP contribution in [0, 0.1) is 5.82 Å². The fraction of sp³-hybridized carbons (Fsp3) is 0. The standard InChI is InChI=1S/C19H11ClFN3O2S/c20-13-9-12(5-6-14(13)21)22-17-16(27-19(26)24-17)8-11-7-10-3-1-2-4-15(10)23-18(11)25/h1-9,22H,(H,24,26)/b11-8-. The number of para-hydroxylation sites is 1. The predicted molar refractivity (Wildman–Crippen MR) is 104 cm³/mol. The number of nitrogens with one attached hydrogen (secondary N) is 2. The number of aromatic nitrogens is 1. The maximum absolute atomic E-state index is 13.3. The van der Waals surface area contributed by atoms with Crippen molar-refractivity contribution in [2.75, 3.05) is 5.32 Å². The number of nitrogens with zero attached hydrogens (tertiary/aromatic N) is 1. The van der Waals surface area contributed by atoms with Crippen LogP contribution in [0.15, 0.2) is 57.8 Å². The molecule has 1 amide bonds. The molecule has 134 valence electrons. The highest BCUT2D eigenvalue weighted by atomic mass is 35.5. The van der Waals surface area contributed by atoms with Crippen molar-refractivity contribution in [3.05, 3.63) is 84.0 Å². The number of hydrogen-bond donors (Lipinski definition) is 2. The Balaban J connectivity index is 1.74. The normalized spacial score (nSPS) is 14.4. The van der Waals surface area contributed by atoms with Crippen LogP contribution in [0.2, 0.25) is 5.02 Å². The van der Waals surface area contributed by atoms with Gasteiger partial charge in [-0.1, -0.05) is 41.1 Å². The Bertz CT molecular complexity index is 1280. The summed E-state index contributed by atoms with van der Waals surface area (Å²) < 4.78 is 13.3. The molecule has 2 aromatic carbocycles. The number of anilines is 2. The summed E-state index contributed by atoms with van der Waals surface area (Å²) in [7, 11) is 0. The first-order valence-electron chi connectivity index (χ1n) is 7.86. The first-order valence-corrected chi connectivity index (χ1v) is 9.06. The number of H-pyrrole nitrogens is 1. The lowest BCUT2D eigenvalue weighted by molar-refractivity contribution is -0.114. The molecule has 3 aromatic rings. The molecule has 8 heteroatoms. The quantitative estimate of drug-likeness (QED) is 0.665. The molecule has 27 heavy (non-hydrogen) atoms. The number of hydrogen-bond acceptors (Lipinski definition) is 4. The van der Waals surface area contributed by atoms with Crippen LogP contribution in [0.25, 0.3) is 12.2 Å². The van der Waals surface area contributed by atoms with Crippen molar-refractivity contribution in [2.45, 2.75) is 0 Å². The highest BCUT2D eigenvalue weighted by molar-refractivity contribution is 7.10. The number of carbonyl (C=O) groups excluding carboxylic acids is 1. The van der Waals surface area contributed by atoms with Gasteiger partial charge in [-0.25, -0.2) is 9.38 Å². The lowest BCUT2D eigenvalue weighted by atomic mass is 10.1. The SMILES string of the molecule is O=C1N=c2ccccc2=C/C1=C/c1sc(=O)[nH]c1Nc1ccc(F)c(Cl)c1. The van der Waals surface area contributed by atoms with E-state index in [-0.39, 0.29) is 15.8 Å². The van der Waals surface area contributed by atoms with Gasteiger partial charge in [0.15, 0.2) is 0 Å². The highest BCUT2D eigenvalue weighted by Crippen LogP contribution is 2.26. The number of rotatable bonds is 3. The van der Waals surface area contributed by atoms with Gasteiger partial charge in [-0.15, -0.1) is 0 Å². The number of carbonyl (C=O) groups is 1. The largest absolute Gasteiger partial charge is 0.340 e. The van der Waals surface area contributed by atoms with Crippen LogP contribution in [0.1, 0.15) is 4.88 Å². The van der Waals surface area contributed by atoms with Crippen molar-refractivity contribution in [1.82, 2.24) is 4.98 Å². The Hall–Kier alpha value is -3.03. The predicted octanol–water partition coefficient (Wildman–Crippen LogP) is 3.00. The van der Waals surface area contributed by atoms with E-state index in [9.17, 15) is 14.0 Å². The fourth-order valence-electron chi connectivity index (χ4n) is 2.61. The van der Waals surface area contributed by atoms with E-state index in [1.165, 1.54) is 18.2 Å². The van der Waals surface area contributed by atoms with Crippen LogP contribution >= 0.6 is 22.9 Å². The molecular weight excluding hydrogens is 389 g/mol. The summed E-state index contributed by atoms with van der Waals surface area (Å²) in [5.74, 6) is -0.531. The van der Waals surface area contributed by atoms with Crippen LogP contribution in [0.4, 0.5) is 15.9 Å². The van der Waals surface area contributed by atoms with Crippen molar-refractivity contribution in [3.8, 4) is 0 Å². The summed E-state index contributed by atoms with van der Waals surface area (Å²) >= 11 is 6.74. The van der Waals surface area contributed by atoms with E-state index >= 15 is 0 Å². The van der Waals surface area contributed by atoms with Crippen LogP contribution in [-0.4, -0.2) is 10.9 Å². The van der Waals surface area contributed by atoms with Gasteiger partial charge in [-0.3, -0.25) is 14.6 Å². The molecule has 1 aliphatic heterocycles. The molecule has 1 aromatic heterocycles. The Labute approximate surface area is 161 Å². The highest BCUT2D eigenvalue weighted by Gasteiger charge is 2.14. The van der Waals surface area contributed by atoms with Crippen molar-refractivity contribution < 1.29 is 9.18 Å². The minimum Gasteiger partial charge on any atom is -0.340 e. The maximum Gasteiger partial charge on any atom is 0.306 e. The molecule has 0 bridgehead atoms. The summed E-state index contributed by atoms with van der Waals surface area (Å²) in [4.78, 5) is 31.1. The first kappa shape index (κ1) is 17.4. The Morgan fingerprint density at radius 2 is 2.00 bits per heavy atom. The number of fused-ring (bicyclic) bond motifs is 1. The Morgan fingerprint density at radius 3 is 2.81 bits per heavy atom. The molecule has 5 nitrogen and oxygen atoms in total. The molecule has 4 rings (SSSR count). The molecule has 2 N–H and O–H groups in total. The number of thiazole rings is 1. The third-order valence-corrected chi connectivity index (χ3v) is 4.99. The van der Waals surface area contributed by atoms with E-state index < -0.39 is 5.82 Å². The van der Waals surface area contributed by atoms with E-state index in [2.05, 4.69) is 15.3 Å². The molecule has 0 atom stereocenters. The third-order valence-electron chi connectivity index (χ3n) is 3.87. The molecule has 0 saturated carbocycles. The second-order valence-corrected chi connectivity index (χ2v) is 7.15. The summed E-state index contributed by atoms with van der Waals surface area (Å²) in [6.45, 7) is 0. The van der Waals surface area contributed by atoms with Crippen LogP contribution < -0.4 is 20.8 Å². The van der Waals surface area contributed by atoms with E-state index in [0.717, 1.165) is 16.6 Å². The van der Waals surface area contributed by atoms with Crippen LogP contribution in [0.3, 0.4) is 0 Å². The number of benzene rings is 2. The number of aromatic amines is 1. The summed E-state index contributed by atoms with van der Waals surface area (Å²) in [6, 6.07) is 11.4. The maximum atomic E-state index is 13.3. The average molecular weight is 400 g/mol. The van der Waals surface area contributed by atoms with Gasteiger partial charge in [0.2, 0.25) is 0 Å². The topological polar surface area (TPSA) is 74.3 Å². The average Bonchev–Trinajstić information content (AvgIpc) is 2.98. The van der Waals surface area contributed by atoms with Gasteiger partial charge in [0.25, 0.3) is 5.91 Å². The third kappa shape index (κ3) is 3.60. The van der Waals surface area contributed by atoms with Gasteiger partial charge in [0, 0.05) is 16.5 Å². The van der Waals surface area contributed by atoms with Gasteiger partial charge in [-0.05, 0) is 36.4 Å². The zero-order chi connectivity index (χ0) is 19.0. The second kappa shape index (κ2) is 6.94. The fourth-order valence-corrected chi connectivity index (χ4v) is 3.54. The Kier molecular flexibility index (Phi) is 4.47. The molecule has 0 unspecified atom stereocenters. The van der Waals surface area contributed by atoms with Crippen LogP contribution in [0.5, 0.6) is 0 Å². The number of amides is 1. The molecule has 0 saturated heterocycles. The van der Waals surface area contributed by atoms with Gasteiger partial charge in [0.1, 0.15) is 11.6 Å². The summed E-state index contributed by atoms with van der Waals surface area (Å²) in [6.07, 6.45) is 3.32. The molecule has 0 aliphatic carbocycles. The van der Waals surface area contributed by atoms with E-state index in [1.54, 1.807) is 18.2 Å². The van der Waals surface area contributed by atoms with Crippen LogP contribution in [-0.2, 0) is 4.79 Å². The lowest BCUT2D eigenvalue weighted by Gasteiger charge is -2.07. The van der Waals surface area contributed by atoms with Gasteiger partial charge < -0.3 is 5.32 Å². The van der Waals surface area contributed by atoms with E-state index in [4.69, 9.17) is 11.6 Å². The van der Waals surface area contributed by atoms with Gasteiger partial charge in [-0.2, -0.15) is 0 Å². The summed E-state index contributed by atoms with van der Waals surface area (Å²) in [5, 5.41) is 4.39. The first-order chi connectivity index (χ1) is 13.0. The molecule has 0 spiro atoms. The molecule has 2 heterocycles. The lowest BCUT2D eigenvalue weighted by Crippen LogP contribution is -2.29. The Morgan fingerprint density at radius 1 is 1.19 bits per heavy atom. The van der Waals surface area contributed by atoms with E-state index in [1.807, 2.05) is 18.2 Å². The molecule has 0 radical (unpaired) electrons. The summed E-state index contributed by atoms with van der Waals surface area (Å²) in [5.41, 5.74) is 0.869. The van der Waals surface area contributed by atoms with Crippen molar-refractivity contribution in [3.63, 3.8) is 0 Å². The van der Waals surface area contributed by atoms with Gasteiger partial charge in [0.05, 0.1) is 15.3 Å². The minimum atomic E-state index is -0.536. The van der Waals surface area contributed by atoms with Crippen molar-refractivity contribution >= 4 is 52.5 Å². The zero-order valence-corrected chi connectivity index (χ0v) is 15.2. The molecule has 0 fully saturated rings. The molecule has 1 aliphatic rings. The number of halogens is 2. The van der Waals surface area contributed by atoms with Crippen molar-refractivity contribution in [1.29, 1.82) is 0 Å². The van der Waals surface area contributed by atoms with E-state index in [0.29, 0.717) is 27.3 Å². The zero-order valence-electron chi connectivity index (χ0n) is 13.6. The smallest absolute Gasteiger partial charge is 0.306 e.